The highest BCUT2D eigenvalue weighted by Gasteiger charge is 2.27. The number of hydrogen-bond acceptors (Lipinski definition) is 6. The number of aliphatic hydroxyl groups is 1. The highest BCUT2D eigenvalue weighted by Crippen LogP contribution is 2.26. The first-order valence-electron chi connectivity index (χ1n) is 9.68. The van der Waals surface area contributed by atoms with Gasteiger partial charge < -0.3 is 14.9 Å². The van der Waals surface area contributed by atoms with E-state index in [0.717, 1.165) is 56.9 Å². The van der Waals surface area contributed by atoms with Crippen LogP contribution in [-0.2, 0) is 0 Å². The molecule has 2 aromatic heterocycles. The summed E-state index contributed by atoms with van der Waals surface area (Å²) < 4.78 is 0. The average molecular weight is 353 g/mol. The highest BCUT2D eigenvalue weighted by atomic mass is 16.3. The molecule has 1 N–H and O–H groups in total. The monoisotopic (exact) mass is 353 g/mol. The van der Waals surface area contributed by atoms with Crippen molar-refractivity contribution < 1.29 is 5.11 Å². The Morgan fingerprint density at radius 2 is 1.73 bits per heavy atom. The predicted octanol–water partition coefficient (Wildman–Crippen LogP) is 2.21. The maximum absolute atomic E-state index is 10.6. The topological polar surface area (TPSA) is 65.4 Å². The first-order chi connectivity index (χ1) is 12.8. The second kappa shape index (κ2) is 8.10. The van der Waals surface area contributed by atoms with Crippen LogP contribution in [0.2, 0.25) is 0 Å². The largest absolute Gasteiger partial charge is 0.392 e. The Hall–Kier alpha value is -2.05. The summed E-state index contributed by atoms with van der Waals surface area (Å²) in [7, 11) is 0. The molecular weight excluding hydrogens is 326 g/mol. The molecule has 6 heteroatoms. The Balaban J connectivity index is 1.31. The molecule has 138 valence electrons. The number of aromatic nitrogens is 3. The third kappa shape index (κ3) is 4.02. The summed E-state index contributed by atoms with van der Waals surface area (Å²) in [5.41, 5.74) is 0.935. The third-order valence-corrected chi connectivity index (χ3v) is 5.62. The van der Waals surface area contributed by atoms with E-state index in [1.165, 1.54) is 12.8 Å². The summed E-state index contributed by atoms with van der Waals surface area (Å²) in [6.07, 6.45) is 9.75. The van der Waals surface area contributed by atoms with Gasteiger partial charge in [0.15, 0.2) is 5.82 Å². The SMILES string of the molecule is OC(CN1CCCC1)C1CCN(c2ccc(-c3ncccn3)cn2)CC1. The lowest BCUT2D eigenvalue weighted by atomic mass is 9.91. The lowest BCUT2D eigenvalue weighted by molar-refractivity contribution is 0.0604. The fourth-order valence-corrected chi connectivity index (χ4v) is 4.05. The van der Waals surface area contributed by atoms with Gasteiger partial charge in [-0.3, -0.25) is 0 Å². The van der Waals surface area contributed by atoms with Crippen LogP contribution in [0.15, 0.2) is 36.8 Å². The van der Waals surface area contributed by atoms with Crippen LogP contribution < -0.4 is 4.90 Å². The van der Waals surface area contributed by atoms with Crippen molar-refractivity contribution in [2.75, 3.05) is 37.6 Å². The van der Waals surface area contributed by atoms with Crippen molar-refractivity contribution in [2.24, 2.45) is 5.92 Å². The zero-order valence-electron chi connectivity index (χ0n) is 15.2. The molecule has 2 aromatic rings. The molecule has 26 heavy (non-hydrogen) atoms. The number of piperidine rings is 1. The van der Waals surface area contributed by atoms with E-state index < -0.39 is 0 Å². The molecule has 2 fully saturated rings. The molecule has 4 heterocycles. The van der Waals surface area contributed by atoms with Gasteiger partial charge in [-0.05, 0) is 62.9 Å². The molecule has 0 amide bonds. The Morgan fingerprint density at radius 3 is 2.38 bits per heavy atom. The van der Waals surface area contributed by atoms with Crippen molar-refractivity contribution in [3.63, 3.8) is 0 Å². The molecule has 2 aliphatic rings. The maximum atomic E-state index is 10.6. The number of nitrogens with zero attached hydrogens (tertiary/aromatic N) is 5. The quantitative estimate of drug-likeness (QED) is 0.889. The number of likely N-dealkylation sites (tertiary alicyclic amines) is 1. The molecule has 0 radical (unpaired) electrons. The molecule has 0 bridgehead atoms. The van der Waals surface area contributed by atoms with E-state index in [1.807, 2.05) is 24.4 Å². The van der Waals surface area contributed by atoms with Crippen molar-refractivity contribution in [2.45, 2.75) is 31.8 Å². The number of pyridine rings is 1. The van der Waals surface area contributed by atoms with Gasteiger partial charge in [0.1, 0.15) is 5.82 Å². The minimum absolute atomic E-state index is 0.194. The molecule has 0 spiro atoms. The predicted molar refractivity (Wildman–Crippen MR) is 102 cm³/mol. The van der Waals surface area contributed by atoms with Gasteiger partial charge in [-0.15, -0.1) is 0 Å². The maximum Gasteiger partial charge on any atom is 0.160 e. The van der Waals surface area contributed by atoms with Crippen LogP contribution in [0.3, 0.4) is 0 Å². The lowest BCUT2D eigenvalue weighted by Gasteiger charge is -2.36. The first kappa shape index (κ1) is 17.4. The Kier molecular flexibility index (Phi) is 5.41. The van der Waals surface area contributed by atoms with E-state index in [2.05, 4.69) is 24.8 Å². The molecule has 0 saturated carbocycles. The van der Waals surface area contributed by atoms with Crippen LogP contribution in [0.1, 0.15) is 25.7 Å². The minimum Gasteiger partial charge on any atom is -0.392 e. The molecule has 0 aliphatic carbocycles. The average Bonchev–Trinajstić information content (AvgIpc) is 3.22. The molecular formula is C20H27N5O. The van der Waals surface area contributed by atoms with Crippen LogP contribution >= 0.6 is 0 Å². The second-order valence-corrected chi connectivity index (χ2v) is 7.38. The number of aliphatic hydroxyl groups excluding tert-OH is 1. The van der Waals surface area contributed by atoms with Crippen molar-refractivity contribution in [3.8, 4) is 11.4 Å². The van der Waals surface area contributed by atoms with E-state index >= 15 is 0 Å². The van der Waals surface area contributed by atoms with E-state index in [-0.39, 0.29) is 6.10 Å². The Morgan fingerprint density at radius 1 is 1.00 bits per heavy atom. The van der Waals surface area contributed by atoms with Crippen molar-refractivity contribution in [3.05, 3.63) is 36.8 Å². The zero-order chi connectivity index (χ0) is 17.8. The summed E-state index contributed by atoms with van der Waals surface area (Å²) in [5, 5.41) is 10.6. The number of anilines is 1. The molecule has 0 aromatic carbocycles. The van der Waals surface area contributed by atoms with Crippen LogP contribution in [0.25, 0.3) is 11.4 Å². The number of β-amino-alcohol motifs (C(OH)–C–C–N with tert-alkyl or cyclic N) is 1. The Labute approximate surface area is 154 Å². The molecule has 2 aliphatic heterocycles. The normalized spacial score (nSPS) is 20.4. The van der Waals surface area contributed by atoms with Gasteiger partial charge in [0, 0.05) is 43.8 Å². The minimum atomic E-state index is -0.194. The van der Waals surface area contributed by atoms with Gasteiger partial charge >= 0.3 is 0 Å². The van der Waals surface area contributed by atoms with Gasteiger partial charge in [-0.25, -0.2) is 15.0 Å². The van der Waals surface area contributed by atoms with Crippen molar-refractivity contribution in [1.82, 2.24) is 19.9 Å². The van der Waals surface area contributed by atoms with Gasteiger partial charge in [0.25, 0.3) is 0 Å². The Bertz CT molecular complexity index is 679. The van der Waals surface area contributed by atoms with E-state index in [1.54, 1.807) is 12.4 Å². The molecule has 4 rings (SSSR count). The standard InChI is InChI=1S/C20H27N5O/c26-18(15-24-10-1-2-11-24)16-6-12-25(13-7-16)19-5-4-17(14-23-19)20-21-8-3-9-22-20/h3-5,8-9,14,16,18,26H,1-2,6-7,10-13,15H2. The van der Waals surface area contributed by atoms with Gasteiger partial charge in [0.2, 0.25) is 0 Å². The number of hydrogen-bond donors (Lipinski definition) is 1. The lowest BCUT2D eigenvalue weighted by Crippen LogP contribution is -2.42. The molecule has 1 unspecified atom stereocenters. The van der Waals surface area contributed by atoms with Gasteiger partial charge in [-0.1, -0.05) is 0 Å². The van der Waals surface area contributed by atoms with Crippen LogP contribution in [0.5, 0.6) is 0 Å². The molecule has 6 nitrogen and oxygen atoms in total. The van der Waals surface area contributed by atoms with E-state index in [0.29, 0.717) is 11.7 Å². The summed E-state index contributed by atoms with van der Waals surface area (Å²) in [6.45, 7) is 5.05. The van der Waals surface area contributed by atoms with Crippen molar-refractivity contribution >= 4 is 5.82 Å². The molecule has 2 saturated heterocycles. The summed E-state index contributed by atoms with van der Waals surface area (Å²) in [4.78, 5) is 17.9. The van der Waals surface area contributed by atoms with E-state index in [9.17, 15) is 5.11 Å². The second-order valence-electron chi connectivity index (χ2n) is 7.38. The fraction of sp³-hybridized carbons (Fsp3) is 0.550. The van der Waals surface area contributed by atoms with Crippen LogP contribution in [0, 0.1) is 5.92 Å². The van der Waals surface area contributed by atoms with Gasteiger partial charge in [-0.2, -0.15) is 0 Å². The van der Waals surface area contributed by atoms with E-state index in [4.69, 9.17) is 0 Å². The van der Waals surface area contributed by atoms with Crippen molar-refractivity contribution in [1.29, 1.82) is 0 Å². The summed E-state index contributed by atoms with van der Waals surface area (Å²) >= 11 is 0. The summed E-state index contributed by atoms with van der Waals surface area (Å²) in [5.74, 6) is 2.11. The summed E-state index contributed by atoms with van der Waals surface area (Å²) in [6, 6.07) is 5.90. The van der Waals surface area contributed by atoms with Gasteiger partial charge in [0.05, 0.1) is 6.10 Å². The first-order valence-corrected chi connectivity index (χ1v) is 9.68. The highest BCUT2D eigenvalue weighted by molar-refractivity contribution is 5.56. The fourth-order valence-electron chi connectivity index (χ4n) is 4.05. The van der Waals surface area contributed by atoms with Crippen LogP contribution in [-0.4, -0.2) is 63.8 Å². The molecule has 1 atom stereocenters. The number of rotatable bonds is 5. The third-order valence-electron chi connectivity index (χ3n) is 5.62. The zero-order valence-corrected chi connectivity index (χ0v) is 15.2. The van der Waals surface area contributed by atoms with Crippen LogP contribution in [0.4, 0.5) is 5.82 Å². The smallest absolute Gasteiger partial charge is 0.160 e.